The maximum atomic E-state index is 13.9. The van der Waals surface area contributed by atoms with Gasteiger partial charge in [0.25, 0.3) is 0 Å². The number of phenolic OH excluding ortho intramolecular Hbond substituents is 1. The Hall–Kier alpha value is -4.59. The van der Waals surface area contributed by atoms with Gasteiger partial charge in [0.2, 0.25) is 0 Å². The number of halogens is 3. The normalized spacial score (nSPS) is 15.9. The van der Waals surface area contributed by atoms with Crippen molar-refractivity contribution >= 4 is 35.6 Å². The van der Waals surface area contributed by atoms with E-state index in [9.17, 15) is 37.8 Å². The molecule has 0 aliphatic carbocycles. The van der Waals surface area contributed by atoms with Crippen molar-refractivity contribution in [3.05, 3.63) is 65.2 Å². The van der Waals surface area contributed by atoms with Gasteiger partial charge in [0.05, 0.1) is 18.2 Å². The molecule has 1 aliphatic rings. The number of carbonyl (C=O) groups is 3. The van der Waals surface area contributed by atoms with Gasteiger partial charge in [0.15, 0.2) is 0 Å². The Labute approximate surface area is 239 Å². The van der Waals surface area contributed by atoms with Crippen LogP contribution in [0.3, 0.4) is 0 Å². The number of carbonyl (C=O) groups excluding carboxylic acids is 1. The van der Waals surface area contributed by atoms with Crippen molar-refractivity contribution in [2.75, 3.05) is 31.6 Å². The number of nitrogens with one attached hydrogen (secondary N) is 1. The van der Waals surface area contributed by atoms with Crippen LogP contribution in [0, 0.1) is 0 Å². The summed E-state index contributed by atoms with van der Waals surface area (Å²) in [5.74, 6) is -4.03. The number of rotatable bonds is 10. The van der Waals surface area contributed by atoms with Crippen molar-refractivity contribution < 1.29 is 42.9 Å². The van der Waals surface area contributed by atoms with Crippen LogP contribution < -0.4 is 16.0 Å². The molecule has 1 fully saturated rings. The molecule has 0 radical (unpaired) electrons. The smallest absolute Gasteiger partial charge is 0.421 e. The van der Waals surface area contributed by atoms with Crippen molar-refractivity contribution in [2.24, 2.45) is 10.7 Å². The minimum Gasteiger partial charge on any atom is -0.507 e. The molecule has 2 aromatic carbocycles. The zero-order valence-electron chi connectivity index (χ0n) is 22.7. The number of hydrogen-bond acceptors (Lipinski definition) is 6. The third kappa shape index (κ3) is 8.70. The fraction of sp³-hybridized carbons (Fsp3) is 0.357. The van der Waals surface area contributed by atoms with Crippen LogP contribution in [0.5, 0.6) is 5.75 Å². The maximum Gasteiger partial charge on any atom is 0.421 e. The van der Waals surface area contributed by atoms with Gasteiger partial charge in [-0.1, -0.05) is 36.4 Å². The Morgan fingerprint density at radius 2 is 1.83 bits per heavy atom. The molecule has 2 aromatic rings. The van der Waals surface area contributed by atoms with Gasteiger partial charge < -0.3 is 31.3 Å². The van der Waals surface area contributed by atoms with E-state index >= 15 is 0 Å². The predicted molar refractivity (Wildman–Crippen MR) is 149 cm³/mol. The van der Waals surface area contributed by atoms with E-state index < -0.39 is 60.2 Å². The fourth-order valence-electron chi connectivity index (χ4n) is 4.43. The van der Waals surface area contributed by atoms with Crippen molar-refractivity contribution in [3.63, 3.8) is 0 Å². The highest BCUT2D eigenvalue weighted by molar-refractivity contribution is 5.98. The number of aliphatic imine (C=N–C) groups is 1. The lowest BCUT2D eigenvalue weighted by Crippen LogP contribution is -2.49. The number of amides is 2. The number of aromatic hydroxyl groups is 1. The van der Waals surface area contributed by atoms with Crippen LogP contribution in [0.2, 0.25) is 0 Å². The lowest BCUT2D eigenvalue weighted by Gasteiger charge is -2.27. The highest BCUT2D eigenvalue weighted by atomic mass is 19.4. The molecule has 2 amide bonds. The fourth-order valence-corrected chi connectivity index (χ4v) is 4.43. The Balaban J connectivity index is 1.89. The summed E-state index contributed by atoms with van der Waals surface area (Å²) >= 11 is 0. The van der Waals surface area contributed by atoms with Gasteiger partial charge in [-0.05, 0) is 56.7 Å². The lowest BCUT2D eigenvalue weighted by molar-refractivity contribution is -0.145. The molecular weight excluding hydrogens is 559 g/mol. The molecule has 3 rings (SSSR count). The molecule has 1 heterocycles. The Morgan fingerprint density at radius 3 is 2.45 bits per heavy atom. The number of alkyl halides is 3. The molecule has 11 nitrogen and oxygen atoms in total. The second-order valence-electron chi connectivity index (χ2n) is 9.79. The summed E-state index contributed by atoms with van der Waals surface area (Å²) in [6.45, 7) is 1.32. The number of piperidine rings is 1. The average Bonchev–Trinajstić information content (AvgIpc) is 2.91. The summed E-state index contributed by atoms with van der Waals surface area (Å²) < 4.78 is 41.6. The molecule has 226 valence electrons. The average molecular weight is 592 g/mol. The standard InChI is InChI=1S/C28H32F3N5O6/c1-35-13-10-19(11-14-35)33-25(32)18-7-2-5-17(15-18)6-4-12-36(27(42)34-20(26(40)41)16-23(38)39)21-8-3-9-22(37)24(21)28(29,30)31/h2-9,15,19-20,37H,10-14,16H2,1H3,(H2,32,33)(H,34,42)(H,38,39)(H,40,41)/b6-4+. The van der Waals surface area contributed by atoms with Crippen LogP contribution in [-0.2, 0) is 15.8 Å². The highest BCUT2D eigenvalue weighted by Gasteiger charge is 2.39. The number of hydrogen-bond donors (Lipinski definition) is 5. The van der Waals surface area contributed by atoms with Gasteiger partial charge in [0, 0.05) is 12.1 Å². The molecule has 0 spiro atoms. The Kier molecular flexibility index (Phi) is 10.5. The molecule has 14 heteroatoms. The third-order valence-corrected chi connectivity index (χ3v) is 6.60. The molecule has 0 aromatic heterocycles. The number of nitrogens with two attached hydrogens (primary N) is 1. The van der Waals surface area contributed by atoms with E-state index in [1.807, 2.05) is 12.4 Å². The first-order chi connectivity index (χ1) is 19.8. The van der Waals surface area contributed by atoms with E-state index in [0.29, 0.717) is 21.9 Å². The summed E-state index contributed by atoms with van der Waals surface area (Å²) in [7, 11) is 2.04. The number of urea groups is 1. The first-order valence-corrected chi connectivity index (χ1v) is 13.0. The van der Waals surface area contributed by atoms with Crippen LogP contribution in [0.15, 0.2) is 53.5 Å². The topological polar surface area (TPSA) is 169 Å². The molecule has 1 saturated heterocycles. The SMILES string of the molecule is CN1CCC(N=C(N)c2cccc(/C=C/CN(C(=O)NC(CC(=O)O)C(=O)O)c3cccc(O)c3C(F)(F)F)c2)CC1. The maximum absolute atomic E-state index is 13.9. The van der Waals surface area contributed by atoms with E-state index in [2.05, 4.69) is 9.89 Å². The molecule has 1 unspecified atom stereocenters. The van der Waals surface area contributed by atoms with Gasteiger partial charge in [-0.25, -0.2) is 9.59 Å². The quantitative estimate of drug-likeness (QED) is 0.207. The van der Waals surface area contributed by atoms with Gasteiger partial charge in [-0.3, -0.25) is 14.7 Å². The Morgan fingerprint density at radius 1 is 1.17 bits per heavy atom. The second-order valence-corrected chi connectivity index (χ2v) is 9.79. The minimum atomic E-state index is -5.07. The number of benzene rings is 2. The zero-order chi connectivity index (χ0) is 31.0. The minimum absolute atomic E-state index is 0.0911. The summed E-state index contributed by atoms with van der Waals surface area (Å²) in [6, 6.07) is 6.59. The molecule has 6 N–H and O–H groups in total. The zero-order valence-corrected chi connectivity index (χ0v) is 22.7. The lowest BCUT2D eigenvalue weighted by atomic mass is 10.1. The van der Waals surface area contributed by atoms with E-state index in [-0.39, 0.29) is 6.04 Å². The van der Waals surface area contributed by atoms with Gasteiger partial charge >= 0.3 is 24.1 Å². The number of carboxylic acid groups (broad SMARTS) is 2. The number of aliphatic carboxylic acids is 2. The van der Waals surface area contributed by atoms with Crippen molar-refractivity contribution in [1.82, 2.24) is 10.2 Å². The van der Waals surface area contributed by atoms with Crippen molar-refractivity contribution in [1.29, 1.82) is 0 Å². The van der Waals surface area contributed by atoms with Crippen molar-refractivity contribution in [3.8, 4) is 5.75 Å². The van der Waals surface area contributed by atoms with Crippen LogP contribution in [0.1, 0.15) is 36.0 Å². The van der Waals surface area contributed by atoms with Crippen LogP contribution >= 0.6 is 0 Å². The number of carboxylic acids is 2. The van der Waals surface area contributed by atoms with Gasteiger partial charge in [-0.2, -0.15) is 13.2 Å². The van der Waals surface area contributed by atoms with E-state index in [0.717, 1.165) is 44.1 Å². The predicted octanol–water partition coefficient (Wildman–Crippen LogP) is 3.37. The third-order valence-electron chi connectivity index (χ3n) is 6.60. The molecule has 42 heavy (non-hydrogen) atoms. The molecule has 0 saturated carbocycles. The monoisotopic (exact) mass is 591 g/mol. The van der Waals surface area contributed by atoms with Crippen LogP contribution in [0.4, 0.5) is 23.7 Å². The van der Waals surface area contributed by atoms with Gasteiger partial charge in [-0.15, -0.1) is 0 Å². The van der Waals surface area contributed by atoms with Gasteiger partial charge in [0.1, 0.15) is 23.2 Å². The Bertz CT molecular complexity index is 1360. The van der Waals surface area contributed by atoms with E-state index in [1.54, 1.807) is 24.3 Å². The highest BCUT2D eigenvalue weighted by Crippen LogP contribution is 2.42. The second kappa shape index (κ2) is 13.9. The van der Waals surface area contributed by atoms with Crippen LogP contribution in [0.25, 0.3) is 6.08 Å². The van der Waals surface area contributed by atoms with E-state index in [1.165, 1.54) is 12.2 Å². The largest absolute Gasteiger partial charge is 0.507 e. The number of anilines is 1. The summed E-state index contributed by atoms with van der Waals surface area (Å²) in [6.07, 6.45) is -1.45. The molecule has 1 aliphatic heterocycles. The number of likely N-dealkylation sites (tertiary alicyclic amines) is 1. The first-order valence-electron chi connectivity index (χ1n) is 13.0. The number of phenols is 1. The van der Waals surface area contributed by atoms with Crippen LogP contribution in [-0.4, -0.2) is 82.8 Å². The summed E-state index contributed by atoms with van der Waals surface area (Å²) in [5, 5.41) is 30.2. The van der Waals surface area contributed by atoms with Crippen molar-refractivity contribution in [2.45, 2.75) is 37.5 Å². The molecule has 1 atom stereocenters. The summed E-state index contributed by atoms with van der Waals surface area (Å²) in [5.41, 5.74) is 5.19. The number of nitrogens with zero attached hydrogens (tertiary/aromatic N) is 3. The van der Waals surface area contributed by atoms with E-state index in [4.69, 9.17) is 10.8 Å². The number of amidine groups is 1. The molecular formula is C28H32F3N5O6. The molecule has 0 bridgehead atoms. The first kappa shape index (κ1) is 31.9. The summed E-state index contributed by atoms with van der Waals surface area (Å²) in [4.78, 5) is 43.0.